The summed E-state index contributed by atoms with van der Waals surface area (Å²) in [5.41, 5.74) is 2.58. The molecule has 4 aromatic rings. The van der Waals surface area contributed by atoms with Gasteiger partial charge in [0, 0.05) is 25.0 Å². The molecule has 2 N–H and O–H groups in total. The Labute approximate surface area is 172 Å². The van der Waals surface area contributed by atoms with Gasteiger partial charge in [-0.15, -0.1) is 0 Å². The van der Waals surface area contributed by atoms with Crippen molar-refractivity contribution in [1.29, 1.82) is 0 Å². The van der Waals surface area contributed by atoms with Crippen LogP contribution < -0.4 is 10.9 Å². The van der Waals surface area contributed by atoms with E-state index < -0.39 is 5.97 Å². The normalized spacial score (nSPS) is 12.0. The van der Waals surface area contributed by atoms with Gasteiger partial charge in [0.25, 0.3) is 5.56 Å². The molecule has 0 saturated heterocycles. The number of pyridine rings is 1. The summed E-state index contributed by atoms with van der Waals surface area (Å²) < 4.78 is 6.28. The first-order valence-electron chi connectivity index (χ1n) is 9.64. The number of benzene rings is 1. The molecule has 0 aliphatic rings. The molecule has 1 unspecified atom stereocenters. The summed E-state index contributed by atoms with van der Waals surface area (Å²) in [7, 11) is 0. The van der Waals surface area contributed by atoms with E-state index in [2.05, 4.69) is 20.4 Å². The lowest BCUT2D eigenvalue weighted by atomic mass is 10.0. The van der Waals surface area contributed by atoms with Crippen molar-refractivity contribution in [3.05, 3.63) is 99.9 Å². The summed E-state index contributed by atoms with van der Waals surface area (Å²) >= 11 is 0. The van der Waals surface area contributed by atoms with Crippen molar-refractivity contribution in [3.8, 4) is 0 Å². The summed E-state index contributed by atoms with van der Waals surface area (Å²) in [6.07, 6.45) is 3.18. The van der Waals surface area contributed by atoms with Crippen molar-refractivity contribution in [2.75, 3.05) is 6.61 Å². The second kappa shape index (κ2) is 8.71. The Kier molecular flexibility index (Phi) is 5.67. The molecule has 0 bridgehead atoms. The Hall–Kier alpha value is -3.78. The van der Waals surface area contributed by atoms with Gasteiger partial charge in [-0.1, -0.05) is 36.4 Å². The summed E-state index contributed by atoms with van der Waals surface area (Å²) in [5, 5.41) is 6.18. The SMILES string of the molecule is CCOC(=O)c1c[nH]n2c(=O)cc(CNC(c3ccccc3)c3ccccn3)nc12. The fourth-order valence-electron chi connectivity index (χ4n) is 3.27. The van der Waals surface area contributed by atoms with Gasteiger partial charge in [0.05, 0.1) is 24.0 Å². The highest BCUT2D eigenvalue weighted by Gasteiger charge is 2.18. The lowest BCUT2D eigenvalue weighted by Crippen LogP contribution is -2.25. The molecule has 0 spiro atoms. The van der Waals surface area contributed by atoms with Crippen molar-refractivity contribution in [2.45, 2.75) is 19.5 Å². The van der Waals surface area contributed by atoms with Crippen LogP contribution in [0.3, 0.4) is 0 Å². The second-order valence-electron chi connectivity index (χ2n) is 6.63. The largest absolute Gasteiger partial charge is 0.462 e. The molecule has 0 saturated carbocycles. The van der Waals surface area contributed by atoms with Gasteiger partial charge in [0.2, 0.25) is 0 Å². The van der Waals surface area contributed by atoms with Gasteiger partial charge < -0.3 is 4.74 Å². The molecule has 1 aromatic carbocycles. The van der Waals surface area contributed by atoms with Crippen LogP contribution in [0.1, 0.15) is 40.3 Å². The number of nitrogens with zero attached hydrogens (tertiary/aromatic N) is 3. The molecule has 0 aliphatic heterocycles. The number of nitrogens with one attached hydrogen (secondary N) is 2. The van der Waals surface area contributed by atoms with Gasteiger partial charge in [-0.05, 0) is 24.6 Å². The zero-order valence-corrected chi connectivity index (χ0v) is 16.4. The first-order valence-corrected chi connectivity index (χ1v) is 9.64. The quantitative estimate of drug-likeness (QED) is 0.460. The molecule has 0 fully saturated rings. The van der Waals surface area contributed by atoms with Crippen LogP contribution in [0.15, 0.2) is 71.8 Å². The number of H-pyrrole nitrogens is 1. The van der Waals surface area contributed by atoms with E-state index in [4.69, 9.17) is 4.74 Å². The monoisotopic (exact) mass is 403 g/mol. The number of esters is 1. The maximum absolute atomic E-state index is 12.5. The molecular weight excluding hydrogens is 382 g/mol. The van der Waals surface area contributed by atoms with E-state index in [1.165, 1.54) is 16.8 Å². The zero-order chi connectivity index (χ0) is 20.9. The highest BCUT2D eigenvalue weighted by molar-refractivity contribution is 5.95. The number of carbonyl (C=O) groups is 1. The minimum atomic E-state index is -0.524. The highest BCUT2D eigenvalue weighted by atomic mass is 16.5. The van der Waals surface area contributed by atoms with Crippen LogP contribution in [0.2, 0.25) is 0 Å². The fourth-order valence-corrected chi connectivity index (χ4v) is 3.27. The van der Waals surface area contributed by atoms with Crippen LogP contribution in [0.4, 0.5) is 0 Å². The molecule has 152 valence electrons. The third kappa shape index (κ3) is 3.99. The Balaban J connectivity index is 1.65. The second-order valence-corrected chi connectivity index (χ2v) is 6.63. The number of fused-ring (bicyclic) bond motifs is 1. The lowest BCUT2D eigenvalue weighted by Gasteiger charge is -2.18. The Morgan fingerprint density at radius 1 is 1.20 bits per heavy atom. The van der Waals surface area contributed by atoms with Gasteiger partial charge in [-0.25, -0.2) is 14.3 Å². The van der Waals surface area contributed by atoms with Gasteiger partial charge in [-0.2, -0.15) is 0 Å². The Morgan fingerprint density at radius 2 is 2.00 bits per heavy atom. The van der Waals surface area contributed by atoms with Gasteiger partial charge in [-0.3, -0.25) is 20.2 Å². The molecule has 4 rings (SSSR count). The lowest BCUT2D eigenvalue weighted by molar-refractivity contribution is 0.0528. The molecule has 30 heavy (non-hydrogen) atoms. The number of aromatic nitrogens is 4. The topological polar surface area (TPSA) is 101 Å². The van der Waals surface area contributed by atoms with Crippen LogP contribution >= 0.6 is 0 Å². The molecule has 3 heterocycles. The van der Waals surface area contributed by atoms with Gasteiger partial charge in [0.1, 0.15) is 5.56 Å². The molecule has 8 nitrogen and oxygen atoms in total. The van der Waals surface area contributed by atoms with Crippen molar-refractivity contribution >= 4 is 11.6 Å². The minimum absolute atomic E-state index is 0.177. The van der Waals surface area contributed by atoms with Crippen molar-refractivity contribution in [1.82, 2.24) is 24.9 Å². The van der Waals surface area contributed by atoms with Crippen LogP contribution in [0.5, 0.6) is 0 Å². The number of carbonyl (C=O) groups excluding carboxylic acids is 1. The number of hydrogen-bond donors (Lipinski definition) is 2. The van der Waals surface area contributed by atoms with Crippen LogP contribution in [-0.4, -0.2) is 32.2 Å². The average Bonchev–Trinajstić information content (AvgIpc) is 3.20. The maximum atomic E-state index is 12.5. The Morgan fingerprint density at radius 3 is 2.73 bits per heavy atom. The van der Waals surface area contributed by atoms with Crippen LogP contribution in [0.25, 0.3) is 5.65 Å². The summed E-state index contributed by atoms with van der Waals surface area (Å²) in [5.74, 6) is -0.524. The number of rotatable bonds is 7. The summed E-state index contributed by atoms with van der Waals surface area (Å²) in [6, 6.07) is 16.9. The van der Waals surface area contributed by atoms with E-state index in [-0.39, 0.29) is 29.4 Å². The first-order chi connectivity index (χ1) is 14.7. The van der Waals surface area contributed by atoms with Crippen molar-refractivity contribution < 1.29 is 9.53 Å². The van der Waals surface area contributed by atoms with Crippen LogP contribution in [0, 0.1) is 0 Å². The minimum Gasteiger partial charge on any atom is -0.462 e. The number of aromatic amines is 1. The average molecular weight is 403 g/mol. The first kappa shape index (κ1) is 19.5. The van der Waals surface area contributed by atoms with Crippen molar-refractivity contribution in [2.24, 2.45) is 0 Å². The summed E-state index contributed by atoms with van der Waals surface area (Å²) in [4.78, 5) is 33.6. The number of hydrogen-bond acceptors (Lipinski definition) is 6. The van der Waals surface area contributed by atoms with E-state index in [0.717, 1.165) is 11.3 Å². The van der Waals surface area contributed by atoms with E-state index in [1.54, 1.807) is 13.1 Å². The predicted molar refractivity (Wildman–Crippen MR) is 111 cm³/mol. The maximum Gasteiger partial charge on any atom is 0.343 e. The predicted octanol–water partition coefficient (Wildman–Crippen LogP) is 2.47. The molecule has 8 heteroatoms. The standard InChI is InChI=1S/C22H21N5O3/c1-2-30-22(29)17-14-25-27-19(28)12-16(26-21(17)27)13-24-20(15-8-4-3-5-9-15)18-10-6-7-11-23-18/h3-12,14,20,24-25H,2,13H2,1H3. The number of ether oxygens (including phenoxy) is 1. The smallest absolute Gasteiger partial charge is 0.343 e. The molecule has 3 aromatic heterocycles. The Bertz CT molecular complexity index is 1160. The zero-order valence-electron chi connectivity index (χ0n) is 16.4. The molecule has 0 aliphatic carbocycles. The molecular formula is C22H21N5O3. The van der Waals surface area contributed by atoms with E-state index in [1.807, 2.05) is 48.5 Å². The fraction of sp³-hybridized carbons (Fsp3) is 0.182. The molecule has 0 amide bonds. The van der Waals surface area contributed by atoms with Gasteiger partial charge >= 0.3 is 5.97 Å². The highest BCUT2D eigenvalue weighted by Crippen LogP contribution is 2.20. The molecule has 0 radical (unpaired) electrons. The van der Waals surface area contributed by atoms with Crippen molar-refractivity contribution in [3.63, 3.8) is 0 Å². The van der Waals surface area contributed by atoms with E-state index in [0.29, 0.717) is 12.2 Å². The van der Waals surface area contributed by atoms with Gasteiger partial charge in [0.15, 0.2) is 5.65 Å². The third-order valence-corrected chi connectivity index (χ3v) is 4.65. The van der Waals surface area contributed by atoms with Crippen LogP contribution in [-0.2, 0) is 11.3 Å². The molecule has 1 atom stereocenters. The van der Waals surface area contributed by atoms with E-state index in [9.17, 15) is 9.59 Å². The third-order valence-electron chi connectivity index (χ3n) is 4.65. The summed E-state index contributed by atoms with van der Waals surface area (Å²) in [6.45, 7) is 2.28. The van der Waals surface area contributed by atoms with E-state index >= 15 is 0 Å².